The number of fused-ring (bicyclic) bond motifs is 1. The smallest absolute Gasteiger partial charge is 0.261 e. The molecule has 0 spiro atoms. The third-order valence-electron chi connectivity index (χ3n) is 2.56. The molecular weight excluding hydrogens is 248 g/mol. The van der Waals surface area contributed by atoms with Crippen LogP contribution in [-0.4, -0.2) is 14.2 Å². The maximum atomic E-state index is 11.8. The van der Waals surface area contributed by atoms with E-state index in [0.717, 1.165) is 0 Å². The molecule has 1 atom stereocenters. The Morgan fingerprint density at radius 2 is 2.00 bits per heavy atom. The molecule has 0 saturated carbocycles. The predicted octanol–water partition coefficient (Wildman–Crippen LogP) is 2.46. The van der Waals surface area contributed by atoms with E-state index >= 15 is 0 Å². The van der Waals surface area contributed by atoms with Crippen molar-refractivity contribution in [2.45, 2.75) is 11.8 Å². The van der Waals surface area contributed by atoms with Crippen molar-refractivity contribution in [3.05, 3.63) is 35.4 Å². The van der Waals surface area contributed by atoms with Gasteiger partial charge < -0.3 is 0 Å². The summed E-state index contributed by atoms with van der Waals surface area (Å²) in [4.78, 5) is 11.8. The SMILES string of the molecule is CC1C=Cc2c(cccc2S(=O)(=O)Cl)C1=O. The Kier molecular flexibility index (Phi) is 2.64. The lowest BCUT2D eigenvalue weighted by Gasteiger charge is -2.16. The van der Waals surface area contributed by atoms with Crippen molar-refractivity contribution in [1.82, 2.24) is 0 Å². The van der Waals surface area contributed by atoms with E-state index in [2.05, 4.69) is 0 Å². The summed E-state index contributed by atoms with van der Waals surface area (Å²) in [5, 5.41) is 0. The minimum Gasteiger partial charge on any atom is -0.294 e. The minimum atomic E-state index is -3.82. The Morgan fingerprint density at radius 3 is 2.62 bits per heavy atom. The van der Waals surface area contributed by atoms with Crippen LogP contribution in [0.4, 0.5) is 0 Å². The molecule has 1 unspecified atom stereocenters. The van der Waals surface area contributed by atoms with Gasteiger partial charge in [-0.15, -0.1) is 0 Å². The molecule has 0 amide bonds. The molecule has 3 nitrogen and oxygen atoms in total. The standard InChI is InChI=1S/C11H9ClO3S/c1-7-5-6-8-9(11(7)13)3-2-4-10(8)16(12,14)15/h2-7H,1H3. The van der Waals surface area contributed by atoms with E-state index in [1.165, 1.54) is 12.1 Å². The van der Waals surface area contributed by atoms with Gasteiger partial charge in [-0.25, -0.2) is 8.42 Å². The zero-order valence-electron chi connectivity index (χ0n) is 8.48. The highest BCUT2D eigenvalue weighted by atomic mass is 35.7. The molecule has 1 aliphatic rings. The molecule has 1 aliphatic carbocycles. The third kappa shape index (κ3) is 1.79. The van der Waals surface area contributed by atoms with Gasteiger partial charge >= 0.3 is 0 Å². The zero-order chi connectivity index (χ0) is 11.9. The number of rotatable bonds is 1. The molecule has 84 valence electrons. The molecule has 1 aromatic carbocycles. The maximum absolute atomic E-state index is 11.8. The monoisotopic (exact) mass is 256 g/mol. The fourth-order valence-corrected chi connectivity index (χ4v) is 2.80. The van der Waals surface area contributed by atoms with Gasteiger partial charge in [-0.3, -0.25) is 4.79 Å². The van der Waals surface area contributed by atoms with Gasteiger partial charge in [-0.1, -0.05) is 31.2 Å². The molecule has 1 aromatic rings. The lowest BCUT2D eigenvalue weighted by Crippen LogP contribution is -2.15. The minimum absolute atomic E-state index is 0.0110. The first-order chi connectivity index (χ1) is 7.41. The molecule has 0 heterocycles. The van der Waals surface area contributed by atoms with E-state index in [9.17, 15) is 13.2 Å². The van der Waals surface area contributed by atoms with Gasteiger partial charge in [-0.05, 0) is 6.07 Å². The lowest BCUT2D eigenvalue weighted by molar-refractivity contribution is 0.0951. The summed E-state index contributed by atoms with van der Waals surface area (Å²) in [6.07, 6.45) is 3.31. The normalized spacial score (nSPS) is 19.6. The number of ketones is 1. The molecule has 0 saturated heterocycles. The number of allylic oxidation sites excluding steroid dienone is 1. The first kappa shape index (κ1) is 11.4. The van der Waals surface area contributed by atoms with Crippen LogP contribution in [-0.2, 0) is 9.05 Å². The Labute approximate surface area is 98.2 Å². The average molecular weight is 257 g/mol. The first-order valence-electron chi connectivity index (χ1n) is 4.71. The van der Waals surface area contributed by atoms with E-state index in [1.54, 1.807) is 25.1 Å². The second kappa shape index (κ2) is 3.71. The van der Waals surface area contributed by atoms with Gasteiger partial charge in [0, 0.05) is 27.7 Å². The van der Waals surface area contributed by atoms with Crippen molar-refractivity contribution in [2.24, 2.45) is 5.92 Å². The molecule has 0 bridgehead atoms. The second-order valence-electron chi connectivity index (χ2n) is 3.67. The number of hydrogen-bond donors (Lipinski definition) is 0. The van der Waals surface area contributed by atoms with Crippen molar-refractivity contribution < 1.29 is 13.2 Å². The summed E-state index contributed by atoms with van der Waals surface area (Å²) in [5.41, 5.74) is 0.803. The van der Waals surface area contributed by atoms with E-state index in [1.807, 2.05) is 0 Å². The maximum Gasteiger partial charge on any atom is 0.261 e. The van der Waals surface area contributed by atoms with Gasteiger partial charge in [0.25, 0.3) is 9.05 Å². The Balaban J connectivity index is 2.75. The van der Waals surface area contributed by atoms with Gasteiger partial charge in [-0.2, -0.15) is 0 Å². The Morgan fingerprint density at radius 1 is 1.31 bits per heavy atom. The third-order valence-corrected chi connectivity index (χ3v) is 3.94. The van der Waals surface area contributed by atoms with Gasteiger partial charge in [0.15, 0.2) is 5.78 Å². The van der Waals surface area contributed by atoms with Crippen molar-refractivity contribution in [1.29, 1.82) is 0 Å². The molecule has 0 radical (unpaired) electrons. The van der Waals surface area contributed by atoms with Crippen molar-refractivity contribution in [2.75, 3.05) is 0 Å². The average Bonchev–Trinajstić information content (AvgIpc) is 2.21. The molecular formula is C11H9ClO3S. The summed E-state index contributed by atoms with van der Waals surface area (Å²) < 4.78 is 22.6. The van der Waals surface area contributed by atoms with Crippen LogP contribution in [0.3, 0.4) is 0 Å². The zero-order valence-corrected chi connectivity index (χ0v) is 10.0. The molecule has 0 fully saturated rings. The quantitative estimate of drug-likeness (QED) is 0.726. The van der Waals surface area contributed by atoms with Crippen LogP contribution in [0.25, 0.3) is 6.08 Å². The highest BCUT2D eigenvalue weighted by Crippen LogP contribution is 2.29. The molecule has 0 N–H and O–H groups in total. The highest BCUT2D eigenvalue weighted by Gasteiger charge is 2.25. The van der Waals surface area contributed by atoms with Crippen LogP contribution in [0, 0.1) is 5.92 Å². The Hall–Kier alpha value is -1.13. The molecule has 0 aliphatic heterocycles. The van der Waals surface area contributed by atoms with Crippen molar-refractivity contribution in [3.63, 3.8) is 0 Å². The van der Waals surface area contributed by atoms with Crippen LogP contribution in [0.15, 0.2) is 29.2 Å². The van der Waals surface area contributed by atoms with Gasteiger partial charge in [0.2, 0.25) is 0 Å². The van der Waals surface area contributed by atoms with E-state index in [0.29, 0.717) is 11.1 Å². The molecule has 0 aromatic heterocycles. The topological polar surface area (TPSA) is 51.2 Å². The fourth-order valence-electron chi connectivity index (χ4n) is 1.72. The number of carbonyl (C=O) groups excluding carboxylic acids is 1. The number of halogens is 1. The predicted molar refractivity (Wildman–Crippen MR) is 62.0 cm³/mol. The first-order valence-corrected chi connectivity index (χ1v) is 7.02. The number of benzene rings is 1. The second-order valence-corrected chi connectivity index (χ2v) is 6.20. The number of Topliss-reactive ketones (excluding diaryl/α,β-unsaturated/α-hetero) is 1. The number of carbonyl (C=O) groups is 1. The van der Waals surface area contributed by atoms with Crippen molar-refractivity contribution in [3.8, 4) is 0 Å². The van der Waals surface area contributed by atoms with Crippen molar-refractivity contribution >= 4 is 31.6 Å². The molecule has 5 heteroatoms. The summed E-state index contributed by atoms with van der Waals surface area (Å²) >= 11 is 0. The van der Waals surface area contributed by atoms with E-state index in [4.69, 9.17) is 10.7 Å². The van der Waals surface area contributed by atoms with Crippen LogP contribution < -0.4 is 0 Å². The highest BCUT2D eigenvalue weighted by molar-refractivity contribution is 8.13. The fraction of sp³-hybridized carbons (Fsp3) is 0.182. The summed E-state index contributed by atoms with van der Waals surface area (Å²) in [7, 11) is 1.49. The van der Waals surface area contributed by atoms with Crippen LogP contribution >= 0.6 is 10.7 Å². The van der Waals surface area contributed by atoms with E-state index < -0.39 is 9.05 Å². The summed E-state index contributed by atoms with van der Waals surface area (Å²) in [6, 6.07) is 4.54. The Bertz CT molecular complexity index is 587. The number of hydrogen-bond acceptors (Lipinski definition) is 3. The summed E-state index contributed by atoms with van der Waals surface area (Å²) in [5.74, 6) is -0.305. The van der Waals surface area contributed by atoms with Gasteiger partial charge in [0.05, 0.1) is 4.90 Å². The van der Waals surface area contributed by atoms with E-state index in [-0.39, 0.29) is 16.6 Å². The van der Waals surface area contributed by atoms with Crippen LogP contribution in [0.2, 0.25) is 0 Å². The van der Waals surface area contributed by atoms with Gasteiger partial charge in [0.1, 0.15) is 0 Å². The van der Waals surface area contributed by atoms with Crippen LogP contribution in [0.1, 0.15) is 22.8 Å². The molecule has 2 rings (SSSR count). The summed E-state index contributed by atoms with van der Waals surface area (Å²) in [6.45, 7) is 1.77. The molecule has 16 heavy (non-hydrogen) atoms. The largest absolute Gasteiger partial charge is 0.294 e. The van der Waals surface area contributed by atoms with Crippen LogP contribution in [0.5, 0.6) is 0 Å². The lowest BCUT2D eigenvalue weighted by atomic mass is 9.89.